The molecule has 82 valence electrons. The second-order valence-electron chi connectivity index (χ2n) is 2.80. The second kappa shape index (κ2) is 5.68. The summed E-state index contributed by atoms with van der Waals surface area (Å²) >= 11 is 5.76. The van der Waals surface area contributed by atoms with Crippen LogP contribution in [0.25, 0.3) is 5.76 Å². The van der Waals surface area contributed by atoms with Crippen LogP contribution < -0.4 is 0 Å². The van der Waals surface area contributed by atoms with Crippen molar-refractivity contribution in [2.24, 2.45) is 0 Å². The molecule has 0 aliphatic rings. The van der Waals surface area contributed by atoms with Crippen LogP contribution >= 0.6 is 11.6 Å². The molecule has 1 rings (SSSR count). The average Bonchev–Trinajstić information content (AvgIpc) is 2.17. The summed E-state index contributed by atoms with van der Waals surface area (Å²) in [5.41, 5.74) is 1.29. The van der Waals surface area contributed by atoms with E-state index >= 15 is 0 Å². The van der Waals surface area contributed by atoms with Crippen LogP contribution in [0, 0.1) is 0 Å². The lowest BCUT2D eigenvalue weighted by atomic mass is 10.3. The fourth-order valence-electron chi connectivity index (χ4n) is 1.08. The summed E-state index contributed by atoms with van der Waals surface area (Å²) in [6.45, 7) is 6.55. The van der Waals surface area contributed by atoms with E-state index in [0.29, 0.717) is 30.4 Å². The lowest BCUT2D eigenvalue weighted by Crippen LogP contribution is -2.00. The van der Waals surface area contributed by atoms with E-state index in [2.05, 4.69) is 16.5 Å². The molecular formula is C10H13ClN2O2. The van der Waals surface area contributed by atoms with Crippen molar-refractivity contribution in [3.63, 3.8) is 0 Å². The van der Waals surface area contributed by atoms with Crippen LogP contribution in [0.1, 0.15) is 18.3 Å². The molecule has 0 fully saturated rings. The van der Waals surface area contributed by atoms with E-state index in [0.717, 1.165) is 0 Å². The summed E-state index contributed by atoms with van der Waals surface area (Å²) < 4.78 is 10.2. The van der Waals surface area contributed by atoms with Gasteiger partial charge in [-0.15, -0.1) is 0 Å². The normalized spacial score (nSPS) is 10.1. The van der Waals surface area contributed by atoms with Crippen LogP contribution in [-0.2, 0) is 16.1 Å². The largest absolute Gasteiger partial charge is 0.492 e. The molecule has 0 radical (unpaired) electrons. The van der Waals surface area contributed by atoms with Crippen LogP contribution in [0.2, 0.25) is 5.28 Å². The van der Waals surface area contributed by atoms with Gasteiger partial charge in [0.15, 0.2) is 0 Å². The highest BCUT2D eigenvalue weighted by atomic mass is 35.5. The molecule has 15 heavy (non-hydrogen) atoms. The number of halogens is 1. The number of hydrogen-bond acceptors (Lipinski definition) is 4. The maximum atomic E-state index is 5.76. The number of methoxy groups -OCH3 is 1. The summed E-state index contributed by atoms with van der Waals surface area (Å²) in [6, 6.07) is 1.74. The summed E-state index contributed by atoms with van der Waals surface area (Å²) in [5, 5.41) is 0.167. The molecular weight excluding hydrogens is 216 g/mol. The fraction of sp³-hybridized carbons (Fsp3) is 0.400. The van der Waals surface area contributed by atoms with Gasteiger partial charge in [0.25, 0.3) is 0 Å². The van der Waals surface area contributed by atoms with Gasteiger partial charge in [0.05, 0.1) is 18.9 Å². The standard InChI is InChI=1S/C10H13ClN2O2/c1-4-15-7(2)9-5-8(6-14-3)12-10(11)13-9/h5H,2,4,6H2,1,3H3. The smallest absolute Gasteiger partial charge is 0.223 e. The summed E-state index contributed by atoms with van der Waals surface area (Å²) in [6.07, 6.45) is 0. The third kappa shape index (κ3) is 3.49. The summed E-state index contributed by atoms with van der Waals surface area (Å²) in [5.74, 6) is 0.485. The van der Waals surface area contributed by atoms with Crippen molar-refractivity contribution >= 4 is 17.4 Å². The lowest BCUT2D eigenvalue weighted by Gasteiger charge is -2.07. The number of nitrogens with zero attached hydrogens (tertiary/aromatic N) is 2. The van der Waals surface area contributed by atoms with Crippen LogP contribution in [0.3, 0.4) is 0 Å². The molecule has 0 bridgehead atoms. The van der Waals surface area contributed by atoms with Crippen LogP contribution in [0.5, 0.6) is 0 Å². The maximum absolute atomic E-state index is 5.76. The van der Waals surface area contributed by atoms with E-state index < -0.39 is 0 Å². The lowest BCUT2D eigenvalue weighted by molar-refractivity contribution is 0.181. The van der Waals surface area contributed by atoms with Gasteiger partial charge in [0.2, 0.25) is 5.28 Å². The Kier molecular flexibility index (Phi) is 4.52. The SMILES string of the molecule is C=C(OCC)c1cc(COC)nc(Cl)n1. The summed E-state index contributed by atoms with van der Waals surface area (Å²) in [7, 11) is 1.59. The molecule has 0 aromatic carbocycles. The van der Waals surface area contributed by atoms with Gasteiger partial charge in [-0.1, -0.05) is 6.58 Å². The van der Waals surface area contributed by atoms with Gasteiger partial charge in [0.1, 0.15) is 11.5 Å². The third-order valence-corrected chi connectivity index (χ3v) is 1.82. The third-order valence-electron chi connectivity index (χ3n) is 1.65. The molecule has 0 saturated carbocycles. The van der Waals surface area contributed by atoms with Gasteiger partial charge in [-0.25, -0.2) is 9.97 Å². The first-order valence-electron chi connectivity index (χ1n) is 4.51. The van der Waals surface area contributed by atoms with Crippen LogP contribution in [0.4, 0.5) is 0 Å². The van der Waals surface area contributed by atoms with Crippen molar-refractivity contribution < 1.29 is 9.47 Å². The Labute approximate surface area is 93.9 Å². The molecule has 0 N–H and O–H groups in total. The Bertz CT molecular complexity index is 355. The predicted octanol–water partition coefficient (Wildman–Crippen LogP) is 2.28. The molecule has 1 aromatic rings. The van der Waals surface area contributed by atoms with Gasteiger partial charge < -0.3 is 9.47 Å². The Balaban J connectivity index is 2.92. The Morgan fingerprint density at radius 3 is 2.87 bits per heavy atom. The van der Waals surface area contributed by atoms with E-state index in [1.807, 2.05) is 6.92 Å². The van der Waals surface area contributed by atoms with Crippen molar-refractivity contribution in [3.8, 4) is 0 Å². The zero-order valence-corrected chi connectivity index (χ0v) is 9.54. The molecule has 1 aromatic heterocycles. The Hall–Kier alpha value is -1.13. The quantitative estimate of drug-likeness (QED) is 0.573. The molecule has 0 atom stereocenters. The molecule has 0 saturated heterocycles. The molecule has 0 aliphatic carbocycles. The molecule has 0 aliphatic heterocycles. The van der Waals surface area contributed by atoms with Gasteiger partial charge in [0, 0.05) is 7.11 Å². The number of ether oxygens (including phenoxy) is 2. The first-order chi connectivity index (χ1) is 7.17. The van der Waals surface area contributed by atoms with E-state index in [4.69, 9.17) is 21.1 Å². The minimum atomic E-state index is 0.167. The van der Waals surface area contributed by atoms with Gasteiger partial charge in [-0.2, -0.15) is 0 Å². The van der Waals surface area contributed by atoms with Crippen molar-refractivity contribution in [2.45, 2.75) is 13.5 Å². The van der Waals surface area contributed by atoms with Crippen molar-refractivity contribution in [1.82, 2.24) is 9.97 Å². The maximum Gasteiger partial charge on any atom is 0.223 e. The monoisotopic (exact) mass is 228 g/mol. The van der Waals surface area contributed by atoms with Crippen molar-refractivity contribution in [2.75, 3.05) is 13.7 Å². The fourth-order valence-corrected chi connectivity index (χ4v) is 1.28. The van der Waals surface area contributed by atoms with Crippen LogP contribution in [0.15, 0.2) is 12.6 Å². The predicted molar refractivity (Wildman–Crippen MR) is 58.4 cm³/mol. The topological polar surface area (TPSA) is 44.2 Å². The van der Waals surface area contributed by atoms with Gasteiger partial charge in [-0.05, 0) is 24.6 Å². The zero-order chi connectivity index (χ0) is 11.3. The number of hydrogen-bond donors (Lipinski definition) is 0. The molecule has 0 amide bonds. The number of rotatable bonds is 5. The second-order valence-corrected chi connectivity index (χ2v) is 3.14. The van der Waals surface area contributed by atoms with E-state index in [1.165, 1.54) is 0 Å². The highest BCUT2D eigenvalue weighted by molar-refractivity contribution is 6.28. The molecule has 0 spiro atoms. The average molecular weight is 229 g/mol. The number of aromatic nitrogens is 2. The van der Waals surface area contributed by atoms with Crippen molar-refractivity contribution in [3.05, 3.63) is 29.3 Å². The molecule has 0 unspecified atom stereocenters. The summed E-state index contributed by atoms with van der Waals surface area (Å²) in [4.78, 5) is 8.01. The molecule has 1 heterocycles. The zero-order valence-electron chi connectivity index (χ0n) is 8.79. The van der Waals surface area contributed by atoms with Crippen LogP contribution in [-0.4, -0.2) is 23.7 Å². The van der Waals surface area contributed by atoms with E-state index in [-0.39, 0.29) is 5.28 Å². The Morgan fingerprint density at radius 1 is 1.53 bits per heavy atom. The van der Waals surface area contributed by atoms with E-state index in [9.17, 15) is 0 Å². The van der Waals surface area contributed by atoms with Gasteiger partial charge in [-0.3, -0.25) is 0 Å². The first kappa shape index (κ1) is 11.9. The molecule has 5 heteroatoms. The molecule has 4 nitrogen and oxygen atoms in total. The first-order valence-corrected chi connectivity index (χ1v) is 4.89. The minimum absolute atomic E-state index is 0.167. The highest BCUT2D eigenvalue weighted by Gasteiger charge is 2.06. The highest BCUT2D eigenvalue weighted by Crippen LogP contribution is 2.15. The minimum Gasteiger partial charge on any atom is -0.492 e. The van der Waals surface area contributed by atoms with E-state index in [1.54, 1.807) is 13.2 Å². The van der Waals surface area contributed by atoms with Gasteiger partial charge >= 0.3 is 0 Å². The Morgan fingerprint density at radius 2 is 2.27 bits per heavy atom. The van der Waals surface area contributed by atoms with Crippen molar-refractivity contribution in [1.29, 1.82) is 0 Å².